The van der Waals surface area contributed by atoms with Crippen LogP contribution in [0.4, 0.5) is 10.1 Å². The summed E-state index contributed by atoms with van der Waals surface area (Å²) in [6.07, 6.45) is 0. The van der Waals surface area contributed by atoms with Gasteiger partial charge in [0.05, 0.1) is 4.88 Å². The average Bonchev–Trinajstić information content (AvgIpc) is 3.08. The van der Waals surface area contributed by atoms with Crippen molar-refractivity contribution in [1.82, 2.24) is 0 Å². The Kier molecular flexibility index (Phi) is 5.61. The van der Waals surface area contributed by atoms with E-state index in [0.717, 1.165) is 22.4 Å². The van der Waals surface area contributed by atoms with Gasteiger partial charge < -0.3 is 10.1 Å². The summed E-state index contributed by atoms with van der Waals surface area (Å²) in [5.74, 6) is 0.345. The fourth-order valence-corrected chi connectivity index (χ4v) is 3.63. The summed E-state index contributed by atoms with van der Waals surface area (Å²) in [6.45, 7) is 8.33. The first kappa shape index (κ1) is 19.1. The van der Waals surface area contributed by atoms with E-state index in [4.69, 9.17) is 4.74 Å². The Hall–Kier alpha value is -2.66. The van der Waals surface area contributed by atoms with Crippen LogP contribution in [0.2, 0.25) is 0 Å². The summed E-state index contributed by atoms with van der Waals surface area (Å²) in [6, 6.07) is 10.3. The normalized spacial score (nSPS) is 10.7. The Morgan fingerprint density at radius 1 is 1.07 bits per heavy atom. The van der Waals surface area contributed by atoms with Crippen LogP contribution in [0.1, 0.15) is 37.5 Å². The van der Waals surface area contributed by atoms with Crippen molar-refractivity contribution >= 4 is 22.9 Å². The molecule has 0 unspecified atom stereocenters. The molecular formula is C22H22FNO2S. The summed E-state index contributed by atoms with van der Waals surface area (Å²) in [5.41, 5.74) is 5.73. The van der Waals surface area contributed by atoms with E-state index in [2.05, 4.69) is 18.3 Å². The van der Waals surface area contributed by atoms with Gasteiger partial charge in [0.2, 0.25) is 0 Å². The predicted molar refractivity (Wildman–Crippen MR) is 108 cm³/mol. The molecule has 1 amide bonds. The Balaban J connectivity index is 1.67. The smallest absolute Gasteiger partial charge is 0.265 e. The Bertz CT molecular complexity index is 994. The number of anilines is 1. The molecule has 0 aliphatic heterocycles. The fraction of sp³-hybridized carbons (Fsp3) is 0.227. The van der Waals surface area contributed by atoms with Crippen LogP contribution in [0.15, 0.2) is 41.8 Å². The predicted octanol–water partition coefficient (Wildman–Crippen LogP) is 5.95. The van der Waals surface area contributed by atoms with E-state index in [9.17, 15) is 9.18 Å². The van der Waals surface area contributed by atoms with Crippen molar-refractivity contribution < 1.29 is 13.9 Å². The van der Waals surface area contributed by atoms with E-state index in [1.165, 1.54) is 29.0 Å². The Labute approximate surface area is 162 Å². The van der Waals surface area contributed by atoms with Crippen LogP contribution in [0.3, 0.4) is 0 Å². The fourth-order valence-electron chi connectivity index (χ4n) is 2.83. The molecule has 1 N–H and O–H groups in total. The first-order chi connectivity index (χ1) is 12.8. The maximum absolute atomic E-state index is 13.2. The topological polar surface area (TPSA) is 38.3 Å². The lowest BCUT2D eigenvalue weighted by molar-refractivity contribution is 0.103. The van der Waals surface area contributed by atoms with Crippen molar-refractivity contribution in [3.63, 3.8) is 0 Å². The van der Waals surface area contributed by atoms with Crippen LogP contribution < -0.4 is 10.1 Å². The van der Waals surface area contributed by atoms with Gasteiger partial charge in [0.25, 0.3) is 5.91 Å². The van der Waals surface area contributed by atoms with E-state index in [0.29, 0.717) is 22.7 Å². The minimum absolute atomic E-state index is 0.205. The van der Waals surface area contributed by atoms with Crippen molar-refractivity contribution in [1.29, 1.82) is 0 Å². The van der Waals surface area contributed by atoms with Gasteiger partial charge in [-0.05, 0) is 85.7 Å². The molecular weight excluding hydrogens is 361 g/mol. The minimum Gasteiger partial charge on any atom is -0.489 e. The quantitative estimate of drug-likeness (QED) is 0.591. The molecule has 2 aromatic carbocycles. The molecule has 1 heterocycles. The lowest BCUT2D eigenvalue weighted by atomic mass is 10.1. The molecule has 0 saturated heterocycles. The van der Waals surface area contributed by atoms with Gasteiger partial charge in [-0.3, -0.25) is 4.79 Å². The van der Waals surface area contributed by atoms with Crippen LogP contribution in [-0.4, -0.2) is 5.91 Å². The number of hydrogen-bond acceptors (Lipinski definition) is 3. The summed E-state index contributed by atoms with van der Waals surface area (Å²) >= 11 is 1.37. The number of thiophene rings is 1. The average molecular weight is 383 g/mol. The monoisotopic (exact) mass is 383 g/mol. The maximum atomic E-state index is 13.2. The van der Waals surface area contributed by atoms with E-state index in [1.54, 1.807) is 13.0 Å². The lowest BCUT2D eigenvalue weighted by Crippen LogP contribution is -2.11. The van der Waals surface area contributed by atoms with Crippen LogP contribution in [0.5, 0.6) is 5.75 Å². The number of carbonyl (C=O) groups excluding carboxylic acids is 1. The summed E-state index contributed by atoms with van der Waals surface area (Å²) < 4.78 is 19.2. The van der Waals surface area contributed by atoms with E-state index < -0.39 is 0 Å². The van der Waals surface area contributed by atoms with Gasteiger partial charge >= 0.3 is 0 Å². The summed E-state index contributed by atoms with van der Waals surface area (Å²) in [4.78, 5) is 13.0. The van der Waals surface area contributed by atoms with Crippen LogP contribution in [-0.2, 0) is 6.61 Å². The van der Waals surface area contributed by atoms with E-state index >= 15 is 0 Å². The Morgan fingerprint density at radius 2 is 1.85 bits per heavy atom. The number of ether oxygens (including phenoxy) is 1. The van der Waals surface area contributed by atoms with Crippen LogP contribution >= 0.6 is 11.3 Å². The molecule has 140 valence electrons. The first-order valence-electron chi connectivity index (χ1n) is 8.69. The zero-order valence-electron chi connectivity index (χ0n) is 15.9. The molecule has 3 rings (SSSR count). The molecule has 0 radical (unpaired) electrons. The first-order valence-corrected chi connectivity index (χ1v) is 9.57. The molecule has 3 aromatic rings. The van der Waals surface area contributed by atoms with E-state index in [-0.39, 0.29) is 11.7 Å². The molecule has 27 heavy (non-hydrogen) atoms. The van der Waals surface area contributed by atoms with Gasteiger partial charge in [-0.2, -0.15) is 0 Å². The van der Waals surface area contributed by atoms with Gasteiger partial charge in [-0.1, -0.05) is 6.07 Å². The Morgan fingerprint density at radius 3 is 2.59 bits per heavy atom. The highest BCUT2D eigenvalue weighted by Gasteiger charge is 2.12. The van der Waals surface area contributed by atoms with Gasteiger partial charge in [-0.15, -0.1) is 11.3 Å². The molecule has 0 atom stereocenters. The number of amides is 1. The number of rotatable bonds is 5. The standard InChI is InChI=1S/C22H22FNO2S/c1-13-7-14(2)16(4)20(8-13)26-11-17-10-21(27-12-17)22(25)24-19-6-5-18(23)9-15(19)3/h5-10,12H,11H2,1-4H3,(H,24,25). The molecule has 0 saturated carbocycles. The number of nitrogens with one attached hydrogen (secondary N) is 1. The van der Waals surface area contributed by atoms with Crippen molar-refractivity contribution in [2.75, 3.05) is 5.32 Å². The highest BCUT2D eigenvalue weighted by Crippen LogP contribution is 2.25. The second-order valence-corrected chi connectivity index (χ2v) is 7.64. The molecule has 0 aliphatic carbocycles. The second kappa shape index (κ2) is 7.92. The molecule has 3 nitrogen and oxygen atoms in total. The molecule has 0 aliphatic rings. The van der Waals surface area contributed by atoms with Crippen LogP contribution in [0.25, 0.3) is 0 Å². The van der Waals surface area contributed by atoms with Gasteiger partial charge in [0.1, 0.15) is 18.2 Å². The largest absolute Gasteiger partial charge is 0.489 e. The SMILES string of the molecule is Cc1cc(C)c(C)c(OCc2csc(C(=O)Nc3ccc(F)cc3C)c2)c1. The lowest BCUT2D eigenvalue weighted by Gasteiger charge is -2.11. The van der Waals surface area contributed by atoms with Crippen molar-refractivity contribution in [2.45, 2.75) is 34.3 Å². The van der Waals surface area contributed by atoms with Gasteiger partial charge in [-0.25, -0.2) is 4.39 Å². The number of hydrogen-bond donors (Lipinski definition) is 1. The van der Waals surface area contributed by atoms with E-state index in [1.807, 2.05) is 31.4 Å². The van der Waals surface area contributed by atoms with Crippen molar-refractivity contribution in [3.05, 3.63) is 80.3 Å². The number of carbonyl (C=O) groups is 1. The highest BCUT2D eigenvalue weighted by molar-refractivity contribution is 7.12. The third-order valence-electron chi connectivity index (χ3n) is 4.47. The summed E-state index contributed by atoms with van der Waals surface area (Å²) in [7, 11) is 0. The number of aryl methyl sites for hydroxylation is 3. The minimum atomic E-state index is -0.317. The third-order valence-corrected chi connectivity index (χ3v) is 5.45. The van der Waals surface area contributed by atoms with Gasteiger partial charge in [0, 0.05) is 11.3 Å². The maximum Gasteiger partial charge on any atom is 0.265 e. The summed E-state index contributed by atoms with van der Waals surface area (Å²) in [5, 5.41) is 4.75. The van der Waals surface area contributed by atoms with Crippen molar-refractivity contribution in [3.8, 4) is 5.75 Å². The zero-order chi connectivity index (χ0) is 19.6. The molecule has 0 fully saturated rings. The molecule has 0 bridgehead atoms. The second-order valence-electron chi connectivity index (χ2n) is 6.73. The number of benzene rings is 2. The molecule has 0 spiro atoms. The third kappa shape index (κ3) is 4.55. The zero-order valence-corrected chi connectivity index (χ0v) is 16.7. The highest BCUT2D eigenvalue weighted by atomic mass is 32.1. The van der Waals surface area contributed by atoms with Gasteiger partial charge in [0.15, 0.2) is 0 Å². The van der Waals surface area contributed by atoms with Crippen molar-refractivity contribution in [2.24, 2.45) is 0 Å². The number of halogens is 1. The van der Waals surface area contributed by atoms with Crippen LogP contribution in [0, 0.1) is 33.5 Å². The molecule has 1 aromatic heterocycles. The molecule has 5 heteroatoms.